The number of piperidine rings is 1. The minimum atomic E-state index is -0.617. The number of carbonyl (C=O) groups is 1. The van der Waals surface area contributed by atoms with Crippen molar-refractivity contribution in [2.75, 3.05) is 23.3 Å². The number of allylic oxidation sites excluding steroid dienone is 1. The highest BCUT2D eigenvalue weighted by Crippen LogP contribution is 2.36. The van der Waals surface area contributed by atoms with Crippen molar-refractivity contribution < 1.29 is 14.3 Å². The fourth-order valence-electron chi connectivity index (χ4n) is 7.12. The zero-order valence-electron chi connectivity index (χ0n) is 27.2. The molecule has 0 spiro atoms. The van der Waals surface area contributed by atoms with Gasteiger partial charge in [-0.05, 0) is 85.9 Å². The van der Waals surface area contributed by atoms with Crippen molar-refractivity contribution in [3.63, 3.8) is 0 Å². The molecule has 1 aliphatic heterocycles. The minimum Gasteiger partial charge on any atom is -0.392 e. The Morgan fingerprint density at radius 1 is 1.16 bits per heavy atom. The van der Waals surface area contributed by atoms with Gasteiger partial charge >= 0.3 is 0 Å². The van der Waals surface area contributed by atoms with E-state index in [1.54, 1.807) is 31.6 Å². The standard InChI is InChI=1S/C37H37FN6O4S/c1-3-25(46)14-22-8-7-13-43(19-22)34-12-6-11-33(41-34)40-30-15-23(20-42(2)36(30)47)27-16-24(38)17-31(29(27)21-45)44-37(48)35-28(18-39-44)26-9-4-5-10-32(26)49-35/h3,6,11-12,15-18,20,22,45H,1,4-5,7-10,13-14,19,21H2,2H3,(H,40,41)/t22-/m1/s1. The van der Waals surface area contributed by atoms with Crippen LogP contribution in [-0.2, 0) is 31.3 Å². The number of hydrogen-bond donors (Lipinski definition) is 2. The van der Waals surface area contributed by atoms with Crippen LogP contribution in [0.2, 0.25) is 0 Å². The Morgan fingerprint density at radius 3 is 2.82 bits per heavy atom. The van der Waals surface area contributed by atoms with E-state index >= 15 is 4.39 Å². The first kappa shape index (κ1) is 32.6. The maximum Gasteiger partial charge on any atom is 0.289 e. The predicted octanol–water partition coefficient (Wildman–Crippen LogP) is 5.82. The SMILES string of the molecule is C=CC(=O)C[C@H]1CCCN(c2cccc(Nc3cc(-c4cc(F)cc(-n5ncc6c7c(sc6c5=O)CCCC7)c4CO)cn(C)c3=O)n2)C1. The molecule has 1 aliphatic carbocycles. The number of hydrogen-bond acceptors (Lipinski definition) is 9. The van der Waals surface area contributed by atoms with Crippen LogP contribution in [0.4, 0.5) is 21.7 Å². The summed E-state index contributed by atoms with van der Waals surface area (Å²) in [6.07, 6.45) is 11.0. The van der Waals surface area contributed by atoms with Crippen LogP contribution in [0.3, 0.4) is 0 Å². The third-order valence-corrected chi connectivity index (χ3v) is 10.8. The van der Waals surface area contributed by atoms with Crippen LogP contribution in [0, 0.1) is 11.7 Å². The molecule has 2 aliphatic rings. The van der Waals surface area contributed by atoms with E-state index in [0.29, 0.717) is 40.2 Å². The molecule has 0 unspecified atom stereocenters. The number of rotatable bonds is 9. The van der Waals surface area contributed by atoms with Crippen molar-refractivity contribution in [1.29, 1.82) is 0 Å². The number of aliphatic hydroxyl groups excluding tert-OH is 1. The lowest BCUT2D eigenvalue weighted by Gasteiger charge is -2.33. The number of ketones is 1. The van der Waals surface area contributed by atoms with Crippen LogP contribution < -0.4 is 21.3 Å². The number of anilines is 3. The number of aliphatic hydroxyl groups is 1. The average molecular weight is 681 g/mol. The number of benzene rings is 1. The maximum atomic E-state index is 15.4. The molecule has 1 fully saturated rings. The van der Waals surface area contributed by atoms with E-state index in [1.165, 1.54) is 44.6 Å². The summed E-state index contributed by atoms with van der Waals surface area (Å²) in [6, 6.07) is 9.60. The van der Waals surface area contributed by atoms with Gasteiger partial charge in [0, 0.05) is 60.2 Å². The van der Waals surface area contributed by atoms with Crippen LogP contribution >= 0.6 is 11.3 Å². The highest BCUT2D eigenvalue weighted by molar-refractivity contribution is 7.19. The van der Waals surface area contributed by atoms with Gasteiger partial charge < -0.3 is 19.9 Å². The number of nitrogens with one attached hydrogen (secondary N) is 1. The van der Waals surface area contributed by atoms with Gasteiger partial charge in [0.25, 0.3) is 11.1 Å². The molecule has 252 valence electrons. The van der Waals surface area contributed by atoms with Gasteiger partial charge in [0.05, 0.1) is 18.5 Å². The second kappa shape index (κ2) is 13.5. The predicted molar refractivity (Wildman–Crippen MR) is 191 cm³/mol. The Hall–Kier alpha value is -4.94. The highest BCUT2D eigenvalue weighted by atomic mass is 32.1. The summed E-state index contributed by atoms with van der Waals surface area (Å²) < 4.78 is 18.5. The molecule has 5 aromatic rings. The molecule has 4 aromatic heterocycles. The van der Waals surface area contributed by atoms with Gasteiger partial charge in [-0.2, -0.15) is 9.78 Å². The Morgan fingerprint density at radius 2 is 2.00 bits per heavy atom. The fraction of sp³-hybridized carbons (Fsp3) is 0.324. The molecule has 10 nitrogen and oxygen atoms in total. The van der Waals surface area contributed by atoms with Gasteiger partial charge in [-0.1, -0.05) is 12.6 Å². The van der Waals surface area contributed by atoms with E-state index in [9.17, 15) is 19.5 Å². The highest BCUT2D eigenvalue weighted by Gasteiger charge is 2.24. The zero-order chi connectivity index (χ0) is 34.2. The summed E-state index contributed by atoms with van der Waals surface area (Å²) in [4.78, 5) is 47.2. The van der Waals surface area contributed by atoms with Gasteiger partial charge in [-0.25, -0.2) is 9.37 Å². The van der Waals surface area contributed by atoms with Crippen molar-refractivity contribution >= 4 is 44.5 Å². The smallest absolute Gasteiger partial charge is 0.289 e. The molecule has 2 N–H and O–H groups in total. The molecule has 5 heterocycles. The Kier molecular flexibility index (Phi) is 9.00. The number of fused-ring (bicyclic) bond motifs is 3. The lowest BCUT2D eigenvalue weighted by atomic mass is 9.93. The first-order valence-electron chi connectivity index (χ1n) is 16.6. The first-order valence-corrected chi connectivity index (χ1v) is 17.4. The van der Waals surface area contributed by atoms with Crippen molar-refractivity contribution in [3.8, 4) is 16.8 Å². The van der Waals surface area contributed by atoms with Gasteiger partial charge in [0.15, 0.2) is 5.78 Å². The topological polar surface area (TPSA) is 122 Å². The summed E-state index contributed by atoms with van der Waals surface area (Å²) in [5, 5.41) is 19.1. The number of pyridine rings is 2. The molecule has 7 rings (SSSR count). The summed E-state index contributed by atoms with van der Waals surface area (Å²) >= 11 is 1.47. The van der Waals surface area contributed by atoms with Gasteiger partial charge in [0.2, 0.25) is 0 Å². The third kappa shape index (κ3) is 6.33. The first-order chi connectivity index (χ1) is 23.7. The largest absolute Gasteiger partial charge is 0.392 e. The molecular weight excluding hydrogens is 644 g/mol. The number of nitrogens with zero attached hydrogens (tertiary/aromatic N) is 5. The lowest BCUT2D eigenvalue weighted by molar-refractivity contribution is -0.115. The monoisotopic (exact) mass is 680 g/mol. The summed E-state index contributed by atoms with van der Waals surface area (Å²) in [7, 11) is 1.59. The molecule has 49 heavy (non-hydrogen) atoms. The number of thiophene rings is 1. The average Bonchev–Trinajstić information content (AvgIpc) is 3.50. The lowest BCUT2D eigenvalue weighted by Crippen LogP contribution is -2.36. The van der Waals surface area contributed by atoms with E-state index in [4.69, 9.17) is 4.98 Å². The second-order valence-corrected chi connectivity index (χ2v) is 13.9. The van der Waals surface area contributed by atoms with E-state index in [2.05, 4.69) is 21.9 Å². The van der Waals surface area contributed by atoms with Crippen LogP contribution in [0.15, 0.2) is 71.0 Å². The minimum absolute atomic E-state index is 0.0333. The van der Waals surface area contributed by atoms with Crippen molar-refractivity contribution in [2.45, 2.75) is 51.6 Å². The van der Waals surface area contributed by atoms with Gasteiger partial charge in [-0.3, -0.25) is 14.4 Å². The summed E-state index contributed by atoms with van der Waals surface area (Å²) in [5.74, 6) is 0.801. The third-order valence-electron chi connectivity index (χ3n) is 9.53. The normalized spacial score (nSPS) is 16.1. The molecule has 0 saturated carbocycles. The van der Waals surface area contributed by atoms with E-state index in [0.717, 1.165) is 61.0 Å². The summed E-state index contributed by atoms with van der Waals surface area (Å²) in [6.45, 7) is 4.59. The molecule has 0 bridgehead atoms. The molecule has 12 heteroatoms. The number of carbonyl (C=O) groups excluding carboxylic acids is 1. The van der Waals surface area contributed by atoms with Crippen molar-refractivity contribution in [2.24, 2.45) is 13.0 Å². The maximum absolute atomic E-state index is 15.4. The number of halogens is 1. The molecule has 0 amide bonds. The Balaban J connectivity index is 1.23. The number of aryl methyl sites for hydroxylation is 3. The molecule has 1 atom stereocenters. The second-order valence-electron chi connectivity index (χ2n) is 12.8. The van der Waals surface area contributed by atoms with E-state index in [-0.39, 0.29) is 34.2 Å². The fourth-order valence-corrected chi connectivity index (χ4v) is 8.41. The zero-order valence-corrected chi connectivity index (χ0v) is 28.1. The van der Waals surface area contributed by atoms with Crippen LogP contribution in [-0.4, -0.2) is 43.3 Å². The van der Waals surface area contributed by atoms with E-state index < -0.39 is 12.4 Å². The number of aromatic nitrogens is 4. The van der Waals surface area contributed by atoms with Crippen molar-refractivity contribution in [1.82, 2.24) is 19.3 Å². The van der Waals surface area contributed by atoms with Gasteiger partial charge in [-0.15, -0.1) is 11.3 Å². The van der Waals surface area contributed by atoms with E-state index in [1.807, 2.05) is 12.1 Å². The van der Waals surface area contributed by atoms with Crippen molar-refractivity contribution in [3.05, 3.63) is 104 Å². The molecule has 0 radical (unpaired) electrons. The van der Waals surface area contributed by atoms with Crippen LogP contribution in [0.5, 0.6) is 0 Å². The Labute approximate surface area is 286 Å². The molecule has 1 aromatic carbocycles. The van der Waals surface area contributed by atoms with Crippen LogP contribution in [0.1, 0.15) is 48.1 Å². The van der Waals surface area contributed by atoms with Gasteiger partial charge in [0.1, 0.15) is 27.8 Å². The quantitative estimate of drug-likeness (QED) is 0.187. The summed E-state index contributed by atoms with van der Waals surface area (Å²) in [5.41, 5.74) is 1.92. The molecule has 1 saturated heterocycles. The Bertz CT molecular complexity index is 2220. The molecular formula is C37H37FN6O4S. The van der Waals surface area contributed by atoms with Crippen LogP contribution in [0.25, 0.3) is 26.9 Å².